The van der Waals surface area contributed by atoms with Crippen LogP contribution in [0, 0.1) is 16.2 Å². The van der Waals surface area contributed by atoms with Gasteiger partial charge in [0.15, 0.2) is 0 Å². The van der Waals surface area contributed by atoms with E-state index in [0.717, 1.165) is 43.9 Å². The summed E-state index contributed by atoms with van der Waals surface area (Å²) in [6.07, 6.45) is 5.87. The quantitative estimate of drug-likeness (QED) is 0.563. The van der Waals surface area contributed by atoms with Gasteiger partial charge < -0.3 is 20.4 Å². The minimum atomic E-state index is -1.26. The van der Waals surface area contributed by atoms with Crippen molar-refractivity contribution >= 4 is 5.97 Å². The second-order valence-electron chi connectivity index (χ2n) is 8.80. The summed E-state index contributed by atoms with van der Waals surface area (Å²) < 4.78 is 0. The molecule has 1 saturated carbocycles. The average Bonchev–Trinajstić information content (AvgIpc) is 2.62. The van der Waals surface area contributed by atoms with Crippen LogP contribution in [0.2, 0.25) is 0 Å². The minimum Gasteiger partial charge on any atom is -0.481 e. The molecule has 0 heterocycles. The molecular formula is C21H34O5. The molecular weight excluding hydrogens is 332 g/mol. The molecule has 1 fully saturated rings. The number of hydrogen-bond donors (Lipinski definition) is 4. The number of aliphatic hydroxyl groups excluding tert-OH is 2. The Morgan fingerprint density at radius 2 is 1.73 bits per heavy atom. The van der Waals surface area contributed by atoms with Gasteiger partial charge in [0.1, 0.15) is 0 Å². The lowest BCUT2D eigenvalue weighted by atomic mass is 9.44. The van der Waals surface area contributed by atoms with Crippen molar-refractivity contribution in [2.24, 2.45) is 16.2 Å². The standard InChI is InChI=1S/C20H30O4.CH4O/c1-5-17(2)11-8-14-13(15(17)21)7-12-20(24)18(14,3)9-6-10-19(20,4)16(22)23;1-2/h5,15,21,24H,1,6-12H2,2-4H3,(H,22,23);2H,1H3/t15-,17-,18-,19-,20+;/m1./s1. The molecule has 0 amide bonds. The molecule has 5 atom stereocenters. The number of carboxylic acids is 1. The molecule has 26 heavy (non-hydrogen) atoms. The molecule has 0 bridgehead atoms. The summed E-state index contributed by atoms with van der Waals surface area (Å²) in [6.45, 7) is 9.64. The molecule has 148 valence electrons. The first-order chi connectivity index (χ1) is 12.1. The van der Waals surface area contributed by atoms with Crippen LogP contribution in [-0.2, 0) is 4.79 Å². The molecule has 3 rings (SSSR count). The van der Waals surface area contributed by atoms with Gasteiger partial charge in [-0.1, -0.05) is 31.9 Å². The third-order valence-electron chi connectivity index (χ3n) is 7.80. The fraction of sp³-hybridized carbons (Fsp3) is 0.762. The Balaban J connectivity index is 0.00000117. The second-order valence-corrected chi connectivity index (χ2v) is 8.80. The fourth-order valence-electron chi connectivity index (χ4n) is 5.76. The first kappa shape index (κ1) is 21.1. The topological polar surface area (TPSA) is 98.0 Å². The van der Waals surface area contributed by atoms with Crippen LogP contribution in [0.4, 0.5) is 0 Å². The molecule has 0 aromatic rings. The summed E-state index contributed by atoms with van der Waals surface area (Å²) in [5.41, 5.74) is -1.18. The highest BCUT2D eigenvalue weighted by molar-refractivity contribution is 5.77. The van der Waals surface area contributed by atoms with E-state index in [1.807, 2.05) is 19.9 Å². The first-order valence-corrected chi connectivity index (χ1v) is 9.50. The molecule has 0 aromatic carbocycles. The van der Waals surface area contributed by atoms with E-state index >= 15 is 0 Å². The van der Waals surface area contributed by atoms with Crippen LogP contribution in [0.5, 0.6) is 0 Å². The molecule has 0 radical (unpaired) electrons. The predicted octanol–water partition coefficient (Wildman–Crippen LogP) is 3.04. The van der Waals surface area contributed by atoms with Gasteiger partial charge in [-0.05, 0) is 51.0 Å². The van der Waals surface area contributed by atoms with Crippen molar-refractivity contribution in [3.8, 4) is 0 Å². The Hall–Kier alpha value is -1.17. The Morgan fingerprint density at radius 1 is 1.12 bits per heavy atom. The first-order valence-electron chi connectivity index (χ1n) is 9.50. The normalized spacial score (nSPS) is 45.0. The van der Waals surface area contributed by atoms with E-state index < -0.39 is 28.5 Å². The Bertz CT molecular complexity index is 626. The summed E-state index contributed by atoms with van der Waals surface area (Å²) in [6, 6.07) is 0. The highest BCUT2D eigenvalue weighted by Gasteiger charge is 2.66. The van der Waals surface area contributed by atoms with Crippen LogP contribution < -0.4 is 0 Å². The van der Waals surface area contributed by atoms with E-state index in [4.69, 9.17) is 5.11 Å². The van der Waals surface area contributed by atoms with Gasteiger partial charge in [0.05, 0.1) is 17.1 Å². The molecule has 4 N–H and O–H groups in total. The predicted molar refractivity (Wildman–Crippen MR) is 101 cm³/mol. The van der Waals surface area contributed by atoms with Gasteiger partial charge in [0.2, 0.25) is 0 Å². The number of aliphatic hydroxyl groups is 3. The van der Waals surface area contributed by atoms with Gasteiger partial charge in [-0.3, -0.25) is 4.79 Å². The molecule has 3 aliphatic carbocycles. The lowest BCUT2D eigenvalue weighted by molar-refractivity contribution is -0.207. The van der Waals surface area contributed by atoms with Gasteiger partial charge in [-0.15, -0.1) is 6.58 Å². The second kappa shape index (κ2) is 6.77. The smallest absolute Gasteiger partial charge is 0.312 e. The molecule has 0 spiro atoms. The zero-order valence-electron chi connectivity index (χ0n) is 16.5. The van der Waals surface area contributed by atoms with E-state index in [-0.39, 0.29) is 5.41 Å². The maximum absolute atomic E-state index is 12.0. The monoisotopic (exact) mass is 366 g/mol. The van der Waals surface area contributed by atoms with E-state index in [1.165, 1.54) is 0 Å². The summed E-state index contributed by atoms with van der Waals surface area (Å²) in [4.78, 5) is 12.0. The van der Waals surface area contributed by atoms with Crippen molar-refractivity contribution in [3.05, 3.63) is 23.8 Å². The summed E-state index contributed by atoms with van der Waals surface area (Å²) in [5, 5.41) is 39.4. The minimum absolute atomic E-state index is 0.338. The molecule has 0 aromatic heterocycles. The number of aliphatic carboxylic acids is 1. The maximum Gasteiger partial charge on any atom is 0.312 e. The van der Waals surface area contributed by atoms with Crippen LogP contribution in [0.15, 0.2) is 23.8 Å². The highest BCUT2D eigenvalue weighted by Crippen LogP contribution is 2.65. The van der Waals surface area contributed by atoms with Crippen LogP contribution in [0.3, 0.4) is 0 Å². The lowest BCUT2D eigenvalue weighted by Crippen LogP contribution is -2.66. The average molecular weight is 366 g/mol. The third kappa shape index (κ3) is 2.51. The summed E-state index contributed by atoms with van der Waals surface area (Å²) in [5.74, 6) is -0.910. The van der Waals surface area contributed by atoms with Crippen molar-refractivity contribution in [3.63, 3.8) is 0 Å². The largest absolute Gasteiger partial charge is 0.481 e. The number of hydrogen-bond acceptors (Lipinski definition) is 4. The SMILES string of the molecule is C=C[C@]1(C)CCC2=C(CC[C@@]3(O)[C@@](C)(C(=O)O)CCC[C@]23C)[C@H]1O.CO. The molecule has 0 aliphatic heterocycles. The van der Waals surface area contributed by atoms with Crippen LogP contribution in [-0.4, -0.2) is 45.2 Å². The summed E-state index contributed by atoms with van der Waals surface area (Å²) >= 11 is 0. The summed E-state index contributed by atoms with van der Waals surface area (Å²) in [7, 11) is 1.00. The third-order valence-corrected chi connectivity index (χ3v) is 7.80. The Kier molecular flexibility index (Phi) is 5.50. The van der Waals surface area contributed by atoms with Gasteiger partial charge >= 0.3 is 5.97 Å². The maximum atomic E-state index is 12.0. The van der Waals surface area contributed by atoms with Crippen LogP contribution in [0.25, 0.3) is 0 Å². The number of rotatable bonds is 2. The van der Waals surface area contributed by atoms with Crippen LogP contribution >= 0.6 is 0 Å². The Morgan fingerprint density at radius 3 is 2.27 bits per heavy atom. The number of fused-ring (bicyclic) bond motifs is 2. The van der Waals surface area contributed by atoms with Gasteiger partial charge in [-0.25, -0.2) is 0 Å². The van der Waals surface area contributed by atoms with Crippen molar-refractivity contribution in [1.29, 1.82) is 0 Å². The highest BCUT2D eigenvalue weighted by atomic mass is 16.4. The fourth-order valence-corrected chi connectivity index (χ4v) is 5.76. The van der Waals surface area contributed by atoms with E-state index in [0.29, 0.717) is 19.3 Å². The molecule has 0 saturated heterocycles. The Labute approximate surface area is 156 Å². The zero-order chi connectivity index (χ0) is 20.0. The van der Waals surface area contributed by atoms with Crippen molar-refractivity contribution in [2.45, 2.75) is 77.4 Å². The lowest BCUT2D eigenvalue weighted by Gasteiger charge is -2.62. The van der Waals surface area contributed by atoms with E-state index in [2.05, 4.69) is 6.58 Å². The van der Waals surface area contributed by atoms with Gasteiger partial charge in [-0.2, -0.15) is 0 Å². The molecule has 5 heteroatoms. The number of carbonyl (C=O) groups is 1. The van der Waals surface area contributed by atoms with Gasteiger partial charge in [0, 0.05) is 17.9 Å². The van der Waals surface area contributed by atoms with E-state index in [1.54, 1.807) is 6.92 Å². The number of carboxylic acid groups (broad SMARTS) is 1. The zero-order valence-corrected chi connectivity index (χ0v) is 16.5. The molecule has 3 aliphatic rings. The van der Waals surface area contributed by atoms with Crippen molar-refractivity contribution in [1.82, 2.24) is 0 Å². The van der Waals surface area contributed by atoms with Crippen molar-refractivity contribution in [2.75, 3.05) is 7.11 Å². The van der Waals surface area contributed by atoms with Crippen LogP contribution in [0.1, 0.15) is 65.7 Å². The molecule has 0 unspecified atom stereocenters. The van der Waals surface area contributed by atoms with E-state index in [9.17, 15) is 20.1 Å². The molecule has 5 nitrogen and oxygen atoms in total. The van der Waals surface area contributed by atoms with Crippen molar-refractivity contribution < 1.29 is 25.2 Å². The van der Waals surface area contributed by atoms with Gasteiger partial charge in [0.25, 0.3) is 0 Å².